The number of carbonyl (C=O) groups is 1. The standard InChI is InChI=1S/C12H18ClN3O2S/c1-9(17)14-5-10-7-16(3-2-4-18-10)8-12-15-6-11(13)19-12/h6,10H,2-5,7-8H2,1H3,(H,14,17). The molecule has 106 valence electrons. The third kappa shape index (κ3) is 5.06. The second-order valence-electron chi connectivity index (χ2n) is 4.58. The minimum atomic E-state index is -0.0221. The highest BCUT2D eigenvalue weighted by Crippen LogP contribution is 2.20. The van der Waals surface area contributed by atoms with Crippen molar-refractivity contribution in [1.82, 2.24) is 15.2 Å². The Bertz CT molecular complexity index is 427. The molecular weight excluding hydrogens is 286 g/mol. The normalized spacial score (nSPS) is 21.1. The number of nitrogens with zero attached hydrogens (tertiary/aromatic N) is 2. The zero-order valence-electron chi connectivity index (χ0n) is 10.9. The minimum absolute atomic E-state index is 0.0221. The Kier molecular flexibility index (Phi) is 5.57. The van der Waals surface area contributed by atoms with Crippen LogP contribution in [0.3, 0.4) is 0 Å². The summed E-state index contributed by atoms with van der Waals surface area (Å²) in [6.45, 7) is 5.39. The second kappa shape index (κ2) is 7.19. The smallest absolute Gasteiger partial charge is 0.216 e. The van der Waals surface area contributed by atoms with Gasteiger partial charge in [0.1, 0.15) is 9.34 Å². The van der Waals surface area contributed by atoms with E-state index in [1.54, 1.807) is 6.20 Å². The van der Waals surface area contributed by atoms with E-state index >= 15 is 0 Å². The van der Waals surface area contributed by atoms with Gasteiger partial charge >= 0.3 is 0 Å². The summed E-state index contributed by atoms with van der Waals surface area (Å²) in [6.07, 6.45) is 2.72. The van der Waals surface area contributed by atoms with Crippen molar-refractivity contribution in [3.8, 4) is 0 Å². The number of hydrogen-bond acceptors (Lipinski definition) is 5. The van der Waals surface area contributed by atoms with Crippen LogP contribution in [0.1, 0.15) is 18.4 Å². The monoisotopic (exact) mass is 303 g/mol. The van der Waals surface area contributed by atoms with Crippen molar-refractivity contribution in [2.75, 3.05) is 26.2 Å². The third-order valence-electron chi connectivity index (χ3n) is 2.90. The van der Waals surface area contributed by atoms with Gasteiger partial charge in [-0.25, -0.2) is 4.98 Å². The second-order valence-corrected chi connectivity index (χ2v) is 6.32. The molecule has 0 bridgehead atoms. The van der Waals surface area contributed by atoms with Gasteiger partial charge in [0, 0.05) is 33.2 Å². The fourth-order valence-electron chi connectivity index (χ4n) is 2.05. The molecule has 1 aromatic rings. The van der Waals surface area contributed by atoms with Crippen LogP contribution >= 0.6 is 22.9 Å². The lowest BCUT2D eigenvalue weighted by atomic mass is 10.3. The van der Waals surface area contributed by atoms with E-state index in [-0.39, 0.29) is 12.0 Å². The third-order valence-corrected chi connectivity index (χ3v) is 4.00. The zero-order valence-corrected chi connectivity index (χ0v) is 12.5. The number of amides is 1. The average molecular weight is 304 g/mol. The van der Waals surface area contributed by atoms with Crippen molar-refractivity contribution in [2.24, 2.45) is 0 Å². The van der Waals surface area contributed by atoms with Crippen LogP contribution in [0.2, 0.25) is 4.34 Å². The van der Waals surface area contributed by atoms with E-state index in [0.29, 0.717) is 6.54 Å². The molecule has 0 aliphatic carbocycles. The molecule has 1 unspecified atom stereocenters. The number of hydrogen-bond donors (Lipinski definition) is 1. The van der Waals surface area contributed by atoms with Crippen LogP contribution in [0.4, 0.5) is 0 Å². The van der Waals surface area contributed by atoms with E-state index in [2.05, 4.69) is 15.2 Å². The Morgan fingerprint density at radius 2 is 2.58 bits per heavy atom. The van der Waals surface area contributed by atoms with E-state index < -0.39 is 0 Å². The molecule has 1 amide bonds. The molecule has 2 rings (SSSR count). The lowest BCUT2D eigenvalue weighted by Crippen LogP contribution is -2.39. The maximum atomic E-state index is 10.9. The quantitative estimate of drug-likeness (QED) is 0.916. The molecule has 19 heavy (non-hydrogen) atoms. The molecule has 5 nitrogen and oxygen atoms in total. The molecule has 1 aliphatic heterocycles. The number of ether oxygens (including phenoxy) is 1. The van der Waals surface area contributed by atoms with Gasteiger partial charge in [-0.1, -0.05) is 11.6 Å². The van der Waals surface area contributed by atoms with Crippen LogP contribution < -0.4 is 5.32 Å². The average Bonchev–Trinajstić information content (AvgIpc) is 2.62. The fourth-order valence-corrected chi connectivity index (χ4v) is 3.05. The van der Waals surface area contributed by atoms with Gasteiger partial charge in [-0.05, 0) is 6.42 Å². The molecule has 1 saturated heterocycles. The Labute approximate surface area is 121 Å². The molecule has 7 heteroatoms. The van der Waals surface area contributed by atoms with Gasteiger partial charge in [-0.3, -0.25) is 9.69 Å². The SMILES string of the molecule is CC(=O)NCC1CN(Cc2ncc(Cl)s2)CCCO1. The predicted molar refractivity (Wildman–Crippen MR) is 75.4 cm³/mol. The first-order chi connectivity index (χ1) is 9.13. The van der Waals surface area contributed by atoms with Crippen molar-refractivity contribution in [3.63, 3.8) is 0 Å². The Morgan fingerprint density at radius 3 is 3.26 bits per heavy atom. The van der Waals surface area contributed by atoms with Crippen LogP contribution in [0.5, 0.6) is 0 Å². The van der Waals surface area contributed by atoms with E-state index in [1.807, 2.05) is 0 Å². The highest BCUT2D eigenvalue weighted by molar-refractivity contribution is 7.15. The molecule has 0 aromatic carbocycles. The van der Waals surface area contributed by atoms with Crippen LogP contribution in [0, 0.1) is 0 Å². The fraction of sp³-hybridized carbons (Fsp3) is 0.667. The highest BCUT2D eigenvalue weighted by Gasteiger charge is 2.19. The van der Waals surface area contributed by atoms with Gasteiger partial charge in [-0.15, -0.1) is 11.3 Å². The summed E-state index contributed by atoms with van der Waals surface area (Å²) < 4.78 is 6.45. The Hall–Kier alpha value is -0.690. The molecule has 0 radical (unpaired) electrons. The Balaban J connectivity index is 1.87. The zero-order chi connectivity index (χ0) is 13.7. The van der Waals surface area contributed by atoms with E-state index in [4.69, 9.17) is 16.3 Å². The summed E-state index contributed by atoms with van der Waals surface area (Å²) in [7, 11) is 0. The van der Waals surface area contributed by atoms with Gasteiger partial charge in [0.25, 0.3) is 0 Å². The van der Waals surface area contributed by atoms with Crippen LogP contribution in [-0.2, 0) is 16.1 Å². The summed E-state index contributed by atoms with van der Waals surface area (Å²) in [5, 5.41) is 3.83. The van der Waals surface area contributed by atoms with Crippen LogP contribution in [0.25, 0.3) is 0 Å². The minimum Gasteiger partial charge on any atom is -0.375 e. The van der Waals surface area contributed by atoms with Gasteiger partial charge in [0.2, 0.25) is 5.91 Å². The first-order valence-corrected chi connectivity index (χ1v) is 7.51. The molecule has 1 N–H and O–H groups in total. The number of aromatic nitrogens is 1. The molecule has 0 saturated carbocycles. The largest absolute Gasteiger partial charge is 0.375 e. The molecule has 0 spiro atoms. The summed E-state index contributed by atoms with van der Waals surface area (Å²) >= 11 is 7.40. The predicted octanol–water partition coefficient (Wildman–Crippen LogP) is 1.52. The maximum Gasteiger partial charge on any atom is 0.216 e. The van der Waals surface area contributed by atoms with E-state index in [0.717, 1.165) is 42.0 Å². The van der Waals surface area contributed by atoms with Gasteiger partial charge < -0.3 is 10.1 Å². The topological polar surface area (TPSA) is 54.5 Å². The summed E-state index contributed by atoms with van der Waals surface area (Å²) in [4.78, 5) is 17.5. The van der Waals surface area contributed by atoms with Crippen molar-refractivity contribution in [1.29, 1.82) is 0 Å². The van der Waals surface area contributed by atoms with Crippen molar-refractivity contribution in [2.45, 2.75) is 26.0 Å². The van der Waals surface area contributed by atoms with Crippen molar-refractivity contribution in [3.05, 3.63) is 15.5 Å². The molecular formula is C12H18ClN3O2S. The molecule has 1 aliphatic rings. The van der Waals surface area contributed by atoms with Crippen molar-refractivity contribution >= 4 is 28.8 Å². The molecule has 1 aromatic heterocycles. The molecule has 1 atom stereocenters. The van der Waals surface area contributed by atoms with Crippen LogP contribution in [0.15, 0.2) is 6.20 Å². The number of thiazole rings is 1. The summed E-state index contributed by atoms with van der Waals surface area (Å²) in [6, 6.07) is 0. The Morgan fingerprint density at radius 1 is 1.74 bits per heavy atom. The van der Waals surface area contributed by atoms with Crippen LogP contribution in [-0.4, -0.2) is 48.1 Å². The van der Waals surface area contributed by atoms with E-state index in [1.165, 1.54) is 18.3 Å². The highest BCUT2D eigenvalue weighted by atomic mass is 35.5. The molecule has 1 fully saturated rings. The lowest BCUT2D eigenvalue weighted by molar-refractivity contribution is -0.119. The molecule has 2 heterocycles. The summed E-state index contributed by atoms with van der Waals surface area (Å²) in [5.74, 6) is -0.0221. The van der Waals surface area contributed by atoms with E-state index in [9.17, 15) is 4.79 Å². The first-order valence-electron chi connectivity index (χ1n) is 6.32. The number of rotatable bonds is 4. The van der Waals surface area contributed by atoms with Gasteiger partial charge in [0.15, 0.2) is 0 Å². The van der Waals surface area contributed by atoms with Gasteiger partial charge in [0.05, 0.1) is 18.8 Å². The number of nitrogens with one attached hydrogen (secondary N) is 1. The van der Waals surface area contributed by atoms with Crippen molar-refractivity contribution < 1.29 is 9.53 Å². The summed E-state index contributed by atoms with van der Waals surface area (Å²) in [5.41, 5.74) is 0. The maximum absolute atomic E-state index is 10.9. The number of halogens is 1. The lowest BCUT2D eigenvalue weighted by Gasteiger charge is -2.22. The number of carbonyl (C=O) groups excluding carboxylic acids is 1. The van der Waals surface area contributed by atoms with Gasteiger partial charge in [-0.2, -0.15) is 0 Å². The first kappa shape index (κ1) is 14.7.